The van der Waals surface area contributed by atoms with Crippen molar-refractivity contribution in [2.75, 3.05) is 14.2 Å². The number of carbonyl (C=O) groups is 2. The number of rotatable bonds is 11. The lowest BCUT2D eigenvalue weighted by atomic mass is 9.95. The minimum absolute atomic E-state index is 0.0936. The lowest BCUT2D eigenvalue weighted by Gasteiger charge is -2.33. The number of amides is 2. The van der Waals surface area contributed by atoms with Gasteiger partial charge in [0, 0.05) is 19.0 Å². The molecule has 0 radical (unpaired) electrons. The van der Waals surface area contributed by atoms with Crippen molar-refractivity contribution in [3.63, 3.8) is 0 Å². The summed E-state index contributed by atoms with van der Waals surface area (Å²) < 4.78 is 10.7. The third-order valence-electron chi connectivity index (χ3n) is 6.75. The van der Waals surface area contributed by atoms with Gasteiger partial charge in [0.2, 0.25) is 11.8 Å². The second kappa shape index (κ2) is 13.8. The van der Waals surface area contributed by atoms with Crippen LogP contribution in [0.25, 0.3) is 0 Å². The van der Waals surface area contributed by atoms with Gasteiger partial charge in [-0.3, -0.25) is 9.59 Å². The van der Waals surface area contributed by atoms with Gasteiger partial charge in [0.25, 0.3) is 0 Å². The van der Waals surface area contributed by atoms with Crippen LogP contribution in [0.2, 0.25) is 10.0 Å². The van der Waals surface area contributed by atoms with Crippen molar-refractivity contribution in [2.24, 2.45) is 0 Å². The van der Waals surface area contributed by atoms with Gasteiger partial charge < -0.3 is 19.7 Å². The number of nitrogens with one attached hydrogen (secondary N) is 1. The monoisotopic (exact) mass is 534 g/mol. The quantitative estimate of drug-likeness (QED) is 0.372. The van der Waals surface area contributed by atoms with Crippen molar-refractivity contribution in [1.82, 2.24) is 10.2 Å². The van der Waals surface area contributed by atoms with Crippen molar-refractivity contribution in [1.29, 1.82) is 0 Å². The van der Waals surface area contributed by atoms with E-state index in [2.05, 4.69) is 5.32 Å². The highest BCUT2D eigenvalue weighted by Crippen LogP contribution is 2.29. The molecule has 1 fully saturated rings. The van der Waals surface area contributed by atoms with Crippen LogP contribution in [0.15, 0.2) is 36.4 Å². The molecule has 2 aromatic carbocycles. The number of benzene rings is 2. The van der Waals surface area contributed by atoms with Crippen LogP contribution in [0.1, 0.15) is 63.0 Å². The van der Waals surface area contributed by atoms with Crippen molar-refractivity contribution < 1.29 is 19.1 Å². The average Bonchev–Trinajstić information content (AvgIpc) is 2.89. The summed E-state index contributed by atoms with van der Waals surface area (Å²) in [5, 5.41) is 4.08. The molecule has 36 heavy (non-hydrogen) atoms. The molecule has 196 valence electrons. The van der Waals surface area contributed by atoms with E-state index < -0.39 is 6.04 Å². The molecule has 0 spiro atoms. The Balaban J connectivity index is 1.79. The van der Waals surface area contributed by atoms with Crippen LogP contribution in [0.5, 0.6) is 11.5 Å². The van der Waals surface area contributed by atoms with Gasteiger partial charge in [-0.2, -0.15) is 0 Å². The van der Waals surface area contributed by atoms with E-state index in [1.165, 1.54) is 6.42 Å². The average molecular weight is 536 g/mol. The predicted octanol–water partition coefficient (Wildman–Crippen LogP) is 6.20. The fourth-order valence-corrected chi connectivity index (χ4v) is 5.05. The number of ether oxygens (including phenoxy) is 2. The molecule has 0 aromatic heterocycles. The molecule has 2 aromatic rings. The van der Waals surface area contributed by atoms with Gasteiger partial charge in [0.05, 0.1) is 24.3 Å². The van der Waals surface area contributed by atoms with E-state index >= 15 is 0 Å². The number of methoxy groups -OCH3 is 2. The van der Waals surface area contributed by atoms with Gasteiger partial charge in [-0.15, -0.1) is 0 Å². The minimum Gasteiger partial charge on any atom is -0.493 e. The summed E-state index contributed by atoms with van der Waals surface area (Å²) in [4.78, 5) is 28.6. The molecule has 2 amide bonds. The molecule has 1 atom stereocenters. The third-order valence-corrected chi connectivity index (χ3v) is 7.49. The number of nitrogens with zero attached hydrogens (tertiary/aromatic N) is 1. The largest absolute Gasteiger partial charge is 0.493 e. The predicted molar refractivity (Wildman–Crippen MR) is 144 cm³/mol. The van der Waals surface area contributed by atoms with E-state index in [1.54, 1.807) is 31.3 Å². The van der Waals surface area contributed by atoms with E-state index in [-0.39, 0.29) is 30.8 Å². The molecule has 0 bridgehead atoms. The van der Waals surface area contributed by atoms with Crippen LogP contribution in [0.4, 0.5) is 0 Å². The number of halogens is 2. The standard InChI is InChI=1S/C28H36Cl2N2O4/c1-4-24(28(34)31-21-8-6-5-7-9-21)32(18-20-10-13-22(29)23(30)16-20)27(33)15-12-19-11-14-25(35-2)26(17-19)36-3/h10-11,13-14,16-17,21,24H,4-9,12,15,18H2,1-3H3,(H,31,34)/t24-/m0/s1. The molecule has 8 heteroatoms. The molecule has 0 unspecified atom stereocenters. The molecule has 0 aliphatic heterocycles. The lowest BCUT2D eigenvalue weighted by Crippen LogP contribution is -2.51. The van der Waals surface area contributed by atoms with Crippen LogP contribution in [0, 0.1) is 0 Å². The van der Waals surface area contributed by atoms with Gasteiger partial charge in [-0.25, -0.2) is 0 Å². The summed E-state index contributed by atoms with van der Waals surface area (Å²) in [6, 6.07) is 10.5. The van der Waals surface area contributed by atoms with Gasteiger partial charge in [0.1, 0.15) is 6.04 Å². The van der Waals surface area contributed by atoms with Gasteiger partial charge in [-0.1, -0.05) is 61.5 Å². The first-order chi connectivity index (χ1) is 17.4. The summed E-state index contributed by atoms with van der Waals surface area (Å²) >= 11 is 12.3. The van der Waals surface area contributed by atoms with Crippen molar-refractivity contribution in [2.45, 2.75) is 76.9 Å². The molecule has 0 heterocycles. The molecule has 3 rings (SSSR count). The van der Waals surface area contributed by atoms with E-state index in [1.807, 2.05) is 31.2 Å². The Bertz CT molecular complexity index is 1040. The Morgan fingerprint density at radius 3 is 2.31 bits per heavy atom. The highest BCUT2D eigenvalue weighted by Gasteiger charge is 2.30. The fraction of sp³-hybridized carbons (Fsp3) is 0.500. The zero-order valence-electron chi connectivity index (χ0n) is 21.3. The van der Waals surface area contributed by atoms with Crippen molar-refractivity contribution >= 4 is 35.0 Å². The fourth-order valence-electron chi connectivity index (χ4n) is 4.73. The van der Waals surface area contributed by atoms with Crippen LogP contribution >= 0.6 is 23.2 Å². The lowest BCUT2D eigenvalue weighted by molar-refractivity contribution is -0.141. The maximum absolute atomic E-state index is 13.6. The summed E-state index contributed by atoms with van der Waals surface area (Å²) in [5.41, 5.74) is 1.78. The number of hydrogen-bond acceptors (Lipinski definition) is 4. The van der Waals surface area contributed by atoms with Gasteiger partial charge in [-0.05, 0) is 61.1 Å². The maximum Gasteiger partial charge on any atom is 0.243 e. The first kappa shape index (κ1) is 28.1. The number of aryl methyl sites for hydroxylation is 1. The zero-order chi connectivity index (χ0) is 26.1. The Hall–Kier alpha value is -2.44. The van der Waals surface area contributed by atoms with Crippen molar-refractivity contribution in [3.8, 4) is 11.5 Å². The highest BCUT2D eigenvalue weighted by molar-refractivity contribution is 6.42. The molecule has 1 saturated carbocycles. The van der Waals surface area contributed by atoms with E-state index in [0.717, 1.165) is 36.8 Å². The molecule has 1 aliphatic carbocycles. The Kier molecular flexibility index (Phi) is 10.7. The van der Waals surface area contributed by atoms with E-state index in [0.29, 0.717) is 34.4 Å². The summed E-state index contributed by atoms with van der Waals surface area (Å²) in [6.45, 7) is 2.22. The first-order valence-electron chi connectivity index (χ1n) is 12.6. The molecular weight excluding hydrogens is 499 g/mol. The maximum atomic E-state index is 13.6. The molecule has 0 saturated heterocycles. The normalized spacial score (nSPS) is 14.7. The topological polar surface area (TPSA) is 67.9 Å². The minimum atomic E-state index is -0.570. The van der Waals surface area contributed by atoms with Crippen molar-refractivity contribution in [3.05, 3.63) is 57.6 Å². The Morgan fingerprint density at radius 2 is 1.67 bits per heavy atom. The van der Waals surface area contributed by atoms with Crippen LogP contribution < -0.4 is 14.8 Å². The van der Waals surface area contributed by atoms with E-state index in [9.17, 15) is 9.59 Å². The number of carbonyl (C=O) groups excluding carboxylic acids is 2. The summed E-state index contributed by atoms with van der Waals surface area (Å²) in [7, 11) is 3.17. The zero-order valence-corrected chi connectivity index (χ0v) is 22.8. The van der Waals surface area contributed by atoms with Crippen LogP contribution in [-0.2, 0) is 22.6 Å². The van der Waals surface area contributed by atoms with Crippen LogP contribution in [-0.4, -0.2) is 43.0 Å². The second-order valence-corrected chi connectivity index (χ2v) is 10.0. The molecule has 1 aliphatic rings. The van der Waals surface area contributed by atoms with Gasteiger partial charge >= 0.3 is 0 Å². The smallest absolute Gasteiger partial charge is 0.243 e. The molecule has 6 nitrogen and oxygen atoms in total. The first-order valence-corrected chi connectivity index (χ1v) is 13.4. The highest BCUT2D eigenvalue weighted by atomic mass is 35.5. The SMILES string of the molecule is CC[C@@H](C(=O)NC1CCCCC1)N(Cc1ccc(Cl)c(Cl)c1)C(=O)CCc1ccc(OC)c(OC)c1. The molecular formula is C28H36Cl2N2O4. The second-order valence-electron chi connectivity index (χ2n) is 9.23. The summed E-state index contributed by atoms with van der Waals surface area (Å²) in [6.07, 6.45) is 6.72. The Morgan fingerprint density at radius 1 is 0.972 bits per heavy atom. The third kappa shape index (κ3) is 7.53. The van der Waals surface area contributed by atoms with E-state index in [4.69, 9.17) is 32.7 Å². The summed E-state index contributed by atoms with van der Waals surface area (Å²) in [5.74, 6) is 1.07. The number of hydrogen-bond donors (Lipinski definition) is 1. The van der Waals surface area contributed by atoms with Crippen LogP contribution in [0.3, 0.4) is 0 Å². The molecule has 1 N–H and O–H groups in total. The Labute approximate surface area is 224 Å². The van der Waals surface area contributed by atoms with Gasteiger partial charge in [0.15, 0.2) is 11.5 Å².